The summed E-state index contributed by atoms with van der Waals surface area (Å²) in [4.78, 5) is 18.7. The molecular formula is C20H21F3N6O6S. The Morgan fingerprint density at radius 1 is 1.28 bits per heavy atom. The molecule has 1 unspecified atom stereocenters. The van der Waals surface area contributed by atoms with Gasteiger partial charge >= 0.3 is 16.6 Å². The number of carbonyl (C=O) groups is 1. The van der Waals surface area contributed by atoms with Crippen molar-refractivity contribution in [2.45, 2.75) is 38.2 Å². The van der Waals surface area contributed by atoms with E-state index in [1.165, 1.54) is 20.3 Å². The van der Waals surface area contributed by atoms with Crippen LogP contribution in [-0.2, 0) is 29.6 Å². The van der Waals surface area contributed by atoms with Gasteiger partial charge in [-0.2, -0.15) is 31.9 Å². The van der Waals surface area contributed by atoms with Crippen molar-refractivity contribution in [3.05, 3.63) is 47.2 Å². The minimum atomic E-state index is -4.89. The number of benzene rings is 1. The zero-order chi connectivity index (χ0) is 27.2. The lowest BCUT2D eigenvalue weighted by Crippen LogP contribution is -2.46. The maximum Gasteiger partial charge on any atom is 0.424 e. The Morgan fingerprint density at radius 2 is 1.89 bits per heavy atom. The normalized spacial score (nSPS) is 17.6. The number of nitriles is 1. The van der Waals surface area contributed by atoms with Crippen LogP contribution in [0, 0.1) is 11.3 Å². The number of nitrogens with zero attached hydrogens (tertiary/aromatic N) is 6. The maximum absolute atomic E-state index is 13.3. The summed E-state index contributed by atoms with van der Waals surface area (Å²) in [6, 6.07) is 6.33. The van der Waals surface area contributed by atoms with Crippen LogP contribution in [0.15, 0.2) is 24.4 Å². The molecule has 1 aliphatic heterocycles. The molecule has 0 fully saturated rings. The Morgan fingerprint density at radius 3 is 2.44 bits per heavy atom. The van der Waals surface area contributed by atoms with Crippen LogP contribution < -0.4 is 0 Å². The van der Waals surface area contributed by atoms with E-state index in [9.17, 15) is 23.1 Å². The molecular weight excluding hydrogens is 509 g/mol. The van der Waals surface area contributed by atoms with E-state index in [4.69, 9.17) is 22.8 Å². The number of aromatic nitrogens is 4. The van der Waals surface area contributed by atoms with E-state index in [0.717, 1.165) is 0 Å². The van der Waals surface area contributed by atoms with Crippen molar-refractivity contribution in [1.29, 1.82) is 5.26 Å². The SMILES string of the molecule is C[C@H]1CN(C(=O)c2c3ccc(C#N)cc3nn2C)Cc2cnc(C(C)(O)C(F)(F)F)n21.O=S(=O)(O)O. The molecule has 0 bridgehead atoms. The number of halogens is 3. The third-order valence-corrected chi connectivity index (χ3v) is 5.59. The molecule has 1 aromatic carbocycles. The number of rotatable bonds is 2. The molecule has 36 heavy (non-hydrogen) atoms. The molecule has 0 spiro atoms. The monoisotopic (exact) mass is 530 g/mol. The highest BCUT2D eigenvalue weighted by Gasteiger charge is 2.55. The second-order valence-electron chi connectivity index (χ2n) is 8.31. The molecule has 0 radical (unpaired) electrons. The van der Waals surface area contributed by atoms with Crippen molar-refractivity contribution in [2.24, 2.45) is 7.05 Å². The average molecular weight is 530 g/mol. The molecule has 1 amide bonds. The van der Waals surface area contributed by atoms with E-state index in [1.807, 2.05) is 6.07 Å². The zero-order valence-electron chi connectivity index (χ0n) is 19.1. The number of alkyl halides is 3. The molecule has 3 N–H and O–H groups in total. The van der Waals surface area contributed by atoms with Gasteiger partial charge in [-0.05, 0) is 32.0 Å². The van der Waals surface area contributed by atoms with Crippen LogP contribution in [0.3, 0.4) is 0 Å². The van der Waals surface area contributed by atoms with Crippen LogP contribution in [-0.4, -0.2) is 65.5 Å². The second-order valence-corrected chi connectivity index (χ2v) is 9.21. The van der Waals surface area contributed by atoms with Crippen LogP contribution in [0.5, 0.6) is 0 Å². The number of aryl methyl sites for hydroxylation is 1. The van der Waals surface area contributed by atoms with Gasteiger partial charge in [0.2, 0.25) is 5.60 Å². The summed E-state index contributed by atoms with van der Waals surface area (Å²) in [6.45, 7) is 2.50. The summed E-state index contributed by atoms with van der Waals surface area (Å²) in [5.74, 6) is -0.831. The highest BCUT2D eigenvalue weighted by Crippen LogP contribution is 2.40. The predicted octanol–water partition coefficient (Wildman–Crippen LogP) is 1.98. The van der Waals surface area contributed by atoms with E-state index in [-0.39, 0.29) is 19.0 Å². The minimum absolute atomic E-state index is 0.0348. The predicted molar refractivity (Wildman–Crippen MR) is 117 cm³/mol. The van der Waals surface area contributed by atoms with Crippen molar-refractivity contribution in [3.63, 3.8) is 0 Å². The van der Waals surface area contributed by atoms with Crippen LogP contribution in [0.4, 0.5) is 13.2 Å². The first-order valence-electron chi connectivity index (χ1n) is 10.2. The third-order valence-electron chi connectivity index (χ3n) is 5.59. The Labute approximate surface area is 202 Å². The molecule has 16 heteroatoms. The first kappa shape index (κ1) is 27.1. The Balaban J connectivity index is 0.000000658. The summed E-state index contributed by atoms with van der Waals surface area (Å²) in [5.41, 5.74) is -1.47. The van der Waals surface area contributed by atoms with Gasteiger partial charge in [0, 0.05) is 19.0 Å². The van der Waals surface area contributed by atoms with Crippen molar-refractivity contribution in [2.75, 3.05) is 6.54 Å². The molecule has 3 aromatic rings. The van der Waals surface area contributed by atoms with Crippen molar-refractivity contribution in [3.8, 4) is 6.07 Å². The molecule has 4 rings (SSSR count). The number of hydrogen-bond donors (Lipinski definition) is 3. The zero-order valence-corrected chi connectivity index (χ0v) is 19.9. The Hall–Kier alpha value is -3.52. The minimum Gasteiger partial charge on any atom is -0.374 e. The molecule has 1 aliphatic rings. The fourth-order valence-electron chi connectivity index (χ4n) is 3.98. The molecule has 0 saturated carbocycles. The summed E-state index contributed by atoms with van der Waals surface area (Å²) >= 11 is 0. The van der Waals surface area contributed by atoms with E-state index in [0.29, 0.717) is 34.8 Å². The van der Waals surface area contributed by atoms with Gasteiger partial charge in [0.1, 0.15) is 5.69 Å². The van der Waals surface area contributed by atoms with E-state index in [1.54, 1.807) is 32.2 Å². The van der Waals surface area contributed by atoms with Gasteiger partial charge in [-0.3, -0.25) is 18.6 Å². The fraction of sp³-hybridized carbons (Fsp3) is 0.400. The first-order chi connectivity index (χ1) is 16.5. The third kappa shape index (κ3) is 5.18. The van der Waals surface area contributed by atoms with E-state index >= 15 is 0 Å². The van der Waals surface area contributed by atoms with Crippen LogP contribution in [0.1, 0.15) is 47.5 Å². The first-order valence-corrected chi connectivity index (χ1v) is 11.6. The molecule has 0 aliphatic carbocycles. The van der Waals surface area contributed by atoms with E-state index < -0.39 is 34.0 Å². The van der Waals surface area contributed by atoms with Crippen molar-refractivity contribution in [1.82, 2.24) is 24.2 Å². The molecule has 12 nitrogen and oxygen atoms in total. The van der Waals surface area contributed by atoms with Gasteiger partial charge in [-0.25, -0.2) is 4.98 Å². The number of carbonyl (C=O) groups excluding carboxylic acids is 1. The lowest BCUT2D eigenvalue weighted by Gasteiger charge is -2.36. The van der Waals surface area contributed by atoms with Crippen molar-refractivity contribution >= 4 is 27.2 Å². The smallest absolute Gasteiger partial charge is 0.374 e. The van der Waals surface area contributed by atoms with Crippen LogP contribution in [0.25, 0.3) is 10.9 Å². The van der Waals surface area contributed by atoms with E-state index in [2.05, 4.69) is 10.1 Å². The van der Waals surface area contributed by atoms with Gasteiger partial charge in [0.25, 0.3) is 5.91 Å². The largest absolute Gasteiger partial charge is 0.424 e. The number of amides is 1. The van der Waals surface area contributed by atoms with Gasteiger partial charge < -0.3 is 14.6 Å². The summed E-state index contributed by atoms with van der Waals surface area (Å²) in [7, 11) is -3.05. The van der Waals surface area contributed by atoms with Gasteiger partial charge in [-0.1, -0.05) is 0 Å². The summed E-state index contributed by atoms with van der Waals surface area (Å²) in [6.07, 6.45) is -3.64. The molecule has 194 valence electrons. The maximum atomic E-state index is 13.3. The van der Waals surface area contributed by atoms with Gasteiger partial charge in [-0.15, -0.1) is 0 Å². The average Bonchev–Trinajstić information content (AvgIpc) is 3.31. The fourth-order valence-corrected chi connectivity index (χ4v) is 3.98. The molecule has 3 heterocycles. The number of hydrogen-bond acceptors (Lipinski definition) is 7. The lowest BCUT2D eigenvalue weighted by molar-refractivity contribution is -0.263. The standard InChI is InChI=1S/C20H19F3N6O2.H2O4S/c1-11-9-28(10-13-8-25-18(29(11)13)19(2,31)20(21,22)23)17(30)16-14-5-4-12(7-24)6-15(14)26-27(16)3;1-5(2,3)4/h4-6,8,11,31H,9-10H2,1-3H3;(H2,1,2,3,4)/t11-,19?;/m0./s1. The van der Waals surface area contributed by atoms with Gasteiger partial charge in [0.05, 0.1) is 41.6 Å². The summed E-state index contributed by atoms with van der Waals surface area (Å²) in [5, 5.41) is 24.0. The second kappa shape index (κ2) is 9.17. The Bertz CT molecular complexity index is 1460. The topological polar surface area (TPSA) is 175 Å². The van der Waals surface area contributed by atoms with Gasteiger partial charge in [0.15, 0.2) is 5.82 Å². The van der Waals surface area contributed by atoms with Crippen LogP contribution >= 0.6 is 0 Å². The highest BCUT2D eigenvalue weighted by molar-refractivity contribution is 7.79. The number of aliphatic hydroxyl groups is 1. The molecule has 2 atom stereocenters. The lowest BCUT2D eigenvalue weighted by atomic mass is 10.0. The molecule has 0 saturated heterocycles. The number of imidazole rings is 1. The number of fused-ring (bicyclic) bond motifs is 2. The highest BCUT2D eigenvalue weighted by atomic mass is 32.3. The van der Waals surface area contributed by atoms with Crippen molar-refractivity contribution < 1.29 is 40.6 Å². The molecule has 2 aromatic heterocycles. The van der Waals surface area contributed by atoms with Crippen LogP contribution in [0.2, 0.25) is 0 Å². The Kier molecular flexibility index (Phi) is 6.89. The summed E-state index contributed by atoms with van der Waals surface area (Å²) < 4.78 is 74.4. The quantitative estimate of drug-likeness (QED) is 0.418.